The van der Waals surface area contributed by atoms with E-state index in [4.69, 9.17) is 45.0 Å². The van der Waals surface area contributed by atoms with Crippen LogP contribution in [0.15, 0.2) is 59.2 Å². The maximum atomic E-state index is 12.6. The first-order chi connectivity index (χ1) is 14.3. The van der Waals surface area contributed by atoms with Crippen LogP contribution in [0.2, 0.25) is 0 Å². The number of carbonyl (C=O) groups is 2. The molecule has 0 unspecified atom stereocenters. The van der Waals surface area contributed by atoms with Gasteiger partial charge in [0.05, 0.1) is 23.3 Å². The van der Waals surface area contributed by atoms with Gasteiger partial charge in [-0.1, -0.05) is 0 Å². The number of Topliss-reactive ketones (excluding diaryl/α,β-unsaturated/α-hetero) is 1. The highest BCUT2D eigenvalue weighted by Crippen LogP contribution is 2.19. The molecule has 0 saturated carbocycles. The number of aromatic nitrogens is 1. The molecule has 0 aliphatic rings. The number of hydrogen-bond donors (Lipinski definition) is 1. The monoisotopic (exact) mass is 476 g/mol. The Hall–Kier alpha value is -2.48. The Morgan fingerprint density at radius 1 is 0.900 bits per heavy atom. The first-order valence-corrected chi connectivity index (χ1v) is 9.86. The lowest BCUT2D eigenvalue weighted by Crippen LogP contribution is -2.10. The number of alkyl halides is 3. The SMILES string of the molecule is Fc1ccc(-c2nc(CCl)co2)cc1.NC(=O)c1ccc(F)cc1.O=C(CCl)CCl. The lowest BCUT2D eigenvalue weighted by Gasteiger charge is -1.93. The van der Waals surface area contributed by atoms with Gasteiger partial charge in [-0.2, -0.15) is 0 Å². The van der Waals surface area contributed by atoms with Crippen molar-refractivity contribution in [2.24, 2.45) is 5.73 Å². The number of benzene rings is 2. The summed E-state index contributed by atoms with van der Waals surface area (Å²) in [5.74, 6) is -0.487. The van der Waals surface area contributed by atoms with Crippen molar-refractivity contribution in [3.8, 4) is 11.5 Å². The maximum Gasteiger partial charge on any atom is 0.248 e. The van der Waals surface area contributed by atoms with Gasteiger partial charge in [-0.15, -0.1) is 34.8 Å². The molecule has 0 aliphatic carbocycles. The number of hydrogen-bond acceptors (Lipinski definition) is 4. The molecule has 2 N–H and O–H groups in total. The summed E-state index contributed by atoms with van der Waals surface area (Å²) in [6, 6.07) is 11.0. The molecule has 0 radical (unpaired) electrons. The average Bonchev–Trinajstić information content (AvgIpc) is 3.24. The van der Waals surface area contributed by atoms with Crippen LogP contribution >= 0.6 is 34.8 Å². The summed E-state index contributed by atoms with van der Waals surface area (Å²) < 4.78 is 30.0. The summed E-state index contributed by atoms with van der Waals surface area (Å²) in [7, 11) is 0. The van der Waals surface area contributed by atoms with Crippen LogP contribution in [-0.4, -0.2) is 28.4 Å². The van der Waals surface area contributed by atoms with Crippen LogP contribution in [0.1, 0.15) is 16.1 Å². The molecular weight excluding hydrogens is 461 g/mol. The van der Waals surface area contributed by atoms with Crippen molar-refractivity contribution in [3.63, 3.8) is 0 Å². The lowest BCUT2D eigenvalue weighted by molar-refractivity contribution is -0.114. The van der Waals surface area contributed by atoms with Crippen molar-refractivity contribution >= 4 is 46.5 Å². The van der Waals surface area contributed by atoms with Gasteiger partial charge in [-0.3, -0.25) is 9.59 Å². The highest BCUT2D eigenvalue weighted by Gasteiger charge is 2.05. The maximum absolute atomic E-state index is 12.6. The van der Waals surface area contributed by atoms with E-state index >= 15 is 0 Å². The zero-order valence-corrected chi connectivity index (χ0v) is 17.7. The minimum atomic E-state index is -0.542. The van der Waals surface area contributed by atoms with Crippen molar-refractivity contribution in [1.29, 1.82) is 0 Å². The van der Waals surface area contributed by atoms with E-state index < -0.39 is 5.91 Å². The van der Waals surface area contributed by atoms with Crippen molar-refractivity contribution < 1.29 is 22.8 Å². The molecule has 3 aromatic rings. The van der Waals surface area contributed by atoms with Crippen LogP contribution < -0.4 is 5.73 Å². The molecule has 10 heteroatoms. The van der Waals surface area contributed by atoms with Crippen molar-refractivity contribution in [3.05, 3.63) is 77.7 Å². The molecule has 1 amide bonds. The Kier molecular flexibility index (Phi) is 11.7. The van der Waals surface area contributed by atoms with Crippen molar-refractivity contribution in [1.82, 2.24) is 4.98 Å². The summed E-state index contributed by atoms with van der Waals surface area (Å²) in [6.07, 6.45) is 1.49. The third-order valence-corrected chi connectivity index (χ3v) is 4.08. The zero-order valence-electron chi connectivity index (χ0n) is 15.5. The quantitative estimate of drug-likeness (QED) is 0.513. The average molecular weight is 478 g/mol. The van der Waals surface area contributed by atoms with E-state index in [9.17, 15) is 18.4 Å². The number of primary amides is 1. The summed E-state index contributed by atoms with van der Waals surface area (Å²) >= 11 is 15.6. The molecule has 0 fully saturated rings. The summed E-state index contributed by atoms with van der Waals surface area (Å²) in [5, 5.41) is 0. The molecule has 1 heterocycles. The zero-order chi connectivity index (χ0) is 22.5. The first kappa shape index (κ1) is 25.6. The third-order valence-electron chi connectivity index (χ3n) is 3.21. The number of ketones is 1. The molecule has 0 aliphatic heterocycles. The van der Waals surface area contributed by atoms with E-state index in [0.717, 1.165) is 5.56 Å². The number of carbonyl (C=O) groups excluding carboxylic acids is 2. The van der Waals surface area contributed by atoms with Crippen LogP contribution in [0.3, 0.4) is 0 Å². The van der Waals surface area contributed by atoms with E-state index in [-0.39, 0.29) is 29.2 Å². The number of halogens is 5. The number of rotatable bonds is 5. The number of oxazole rings is 1. The van der Waals surface area contributed by atoms with Gasteiger partial charge in [0.25, 0.3) is 0 Å². The number of nitrogens with zero attached hydrogens (tertiary/aromatic N) is 1. The summed E-state index contributed by atoms with van der Waals surface area (Å²) in [5.41, 5.74) is 6.63. The number of amides is 1. The molecule has 160 valence electrons. The normalized spacial score (nSPS) is 9.63. The van der Waals surface area contributed by atoms with Gasteiger partial charge in [-0.05, 0) is 48.5 Å². The Balaban J connectivity index is 0.000000247. The molecule has 2 aromatic carbocycles. The van der Waals surface area contributed by atoms with Gasteiger partial charge in [0, 0.05) is 11.1 Å². The van der Waals surface area contributed by atoms with E-state index in [1.807, 2.05) is 0 Å². The van der Waals surface area contributed by atoms with Gasteiger partial charge in [0.2, 0.25) is 11.8 Å². The van der Waals surface area contributed by atoms with Crippen LogP contribution in [0.4, 0.5) is 8.78 Å². The predicted molar refractivity (Wildman–Crippen MR) is 113 cm³/mol. The number of nitrogens with two attached hydrogens (primary N) is 1. The Morgan fingerprint density at radius 3 is 1.77 bits per heavy atom. The fourth-order valence-electron chi connectivity index (χ4n) is 1.74. The van der Waals surface area contributed by atoms with Crippen LogP contribution in [0.5, 0.6) is 0 Å². The fraction of sp³-hybridized carbons (Fsp3) is 0.150. The van der Waals surface area contributed by atoms with E-state index in [1.165, 1.54) is 42.7 Å². The predicted octanol–water partition coefficient (Wildman–Crippen LogP) is 5.18. The topological polar surface area (TPSA) is 86.2 Å². The molecule has 5 nitrogen and oxygen atoms in total. The second-order valence-corrected chi connectivity index (χ2v) is 6.26. The summed E-state index contributed by atoms with van der Waals surface area (Å²) in [4.78, 5) is 24.4. The largest absolute Gasteiger partial charge is 0.444 e. The minimum absolute atomic E-state index is 0.0312. The standard InChI is InChI=1S/C10H7ClFNO.C7H6FNO.C3H4Cl2O/c11-5-9-6-14-10(13-9)7-1-3-8(12)4-2-7;8-6-3-1-5(2-4-6)7(9)10;4-1-3(6)2-5/h1-4,6H,5H2;1-4H,(H2,9,10);1-2H2. The second-order valence-electron chi connectivity index (χ2n) is 5.46. The molecule has 0 bridgehead atoms. The van der Waals surface area contributed by atoms with Crippen molar-refractivity contribution in [2.75, 3.05) is 11.8 Å². The van der Waals surface area contributed by atoms with Gasteiger partial charge in [-0.25, -0.2) is 13.8 Å². The van der Waals surface area contributed by atoms with Gasteiger partial charge < -0.3 is 10.2 Å². The molecule has 0 spiro atoms. The van der Waals surface area contributed by atoms with Gasteiger partial charge in [0.15, 0.2) is 5.78 Å². The molecule has 30 heavy (non-hydrogen) atoms. The Morgan fingerprint density at radius 2 is 1.40 bits per heavy atom. The molecule has 1 aromatic heterocycles. The fourth-order valence-corrected chi connectivity index (χ4v) is 2.15. The second kappa shape index (κ2) is 13.7. The minimum Gasteiger partial charge on any atom is -0.444 e. The molecule has 0 saturated heterocycles. The Labute approximate surface area is 186 Å². The van der Waals surface area contributed by atoms with E-state index in [1.54, 1.807) is 12.1 Å². The third kappa shape index (κ3) is 9.35. The lowest BCUT2D eigenvalue weighted by atomic mass is 10.2. The van der Waals surface area contributed by atoms with Gasteiger partial charge in [0.1, 0.15) is 17.9 Å². The highest BCUT2D eigenvalue weighted by molar-refractivity contribution is 6.35. The Bertz CT molecular complexity index is 927. The summed E-state index contributed by atoms with van der Waals surface area (Å²) in [6.45, 7) is 0. The van der Waals surface area contributed by atoms with E-state index in [0.29, 0.717) is 23.0 Å². The molecular formula is C20H17Cl3F2N2O3. The molecule has 3 rings (SSSR count). The van der Waals surface area contributed by atoms with Crippen LogP contribution in [0, 0.1) is 11.6 Å². The van der Waals surface area contributed by atoms with Crippen LogP contribution in [0.25, 0.3) is 11.5 Å². The van der Waals surface area contributed by atoms with Gasteiger partial charge >= 0.3 is 0 Å². The van der Waals surface area contributed by atoms with Crippen LogP contribution in [-0.2, 0) is 10.7 Å². The smallest absolute Gasteiger partial charge is 0.248 e. The first-order valence-electron chi connectivity index (χ1n) is 8.26. The van der Waals surface area contributed by atoms with Crippen molar-refractivity contribution in [2.45, 2.75) is 5.88 Å². The molecule has 0 atom stereocenters. The highest BCUT2D eigenvalue weighted by atomic mass is 35.5. The van der Waals surface area contributed by atoms with E-state index in [2.05, 4.69) is 4.98 Å².